The van der Waals surface area contributed by atoms with Crippen LogP contribution in [0.4, 0.5) is 5.69 Å². The van der Waals surface area contributed by atoms with Crippen LogP contribution in [0.2, 0.25) is 0 Å². The summed E-state index contributed by atoms with van der Waals surface area (Å²) < 4.78 is 5.00. The molecular formula is C11H9N3O4. The van der Waals surface area contributed by atoms with E-state index < -0.39 is 10.5 Å². The summed E-state index contributed by atoms with van der Waals surface area (Å²) in [7, 11) is 1.45. The van der Waals surface area contributed by atoms with Crippen molar-refractivity contribution in [3.05, 3.63) is 50.9 Å². The number of benzene rings is 1. The number of methoxy groups -OCH3 is 1. The lowest BCUT2D eigenvalue weighted by molar-refractivity contribution is -0.384. The molecule has 0 aliphatic rings. The highest BCUT2D eigenvalue weighted by molar-refractivity contribution is 5.74. The van der Waals surface area contributed by atoms with E-state index in [4.69, 9.17) is 4.74 Å². The second-order valence-corrected chi connectivity index (χ2v) is 3.44. The summed E-state index contributed by atoms with van der Waals surface area (Å²) in [5, 5.41) is 16.7. The maximum absolute atomic E-state index is 11.6. The van der Waals surface area contributed by atoms with Crippen LogP contribution in [0, 0.1) is 10.1 Å². The Hall–Kier alpha value is -2.70. The molecule has 1 aromatic heterocycles. The van der Waals surface area contributed by atoms with Gasteiger partial charge in [-0.1, -0.05) is 0 Å². The third-order valence-corrected chi connectivity index (χ3v) is 2.42. The van der Waals surface area contributed by atoms with Crippen molar-refractivity contribution in [3.63, 3.8) is 0 Å². The average molecular weight is 247 g/mol. The van der Waals surface area contributed by atoms with Crippen molar-refractivity contribution in [2.24, 2.45) is 0 Å². The number of aromatic amines is 1. The number of aromatic nitrogens is 2. The van der Waals surface area contributed by atoms with Gasteiger partial charge >= 0.3 is 0 Å². The van der Waals surface area contributed by atoms with E-state index in [1.807, 2.05) is 0 Å². The van der Waals surface area contributed by atoms with Crippen LogP contribution in [0.15, 0.2) is 35.3 Å². The van der Waals surface area contributed by atoms with Crippen LogP contribution in [0.1, 0.15) is 0 Å². The zero-order chi connectivity index (χ0) is 13.1. The molecule has 0 fully saturated rings. The van der Waals surface area contributed by atoms with Crippen LogP contribution in [0.3, 0.4) is 0 Å². The first-order chi connectivity index (χ1) is 8.63. The molecule has 2 rings (SSSR count). The minimum Gasteiger partial charge on any atom is -0.497 e. The van der Waals surface area contributed by atoms with Gasteiger partial charge in [0.2, 0.25) is 0 Å². The molecule has 0 saturated carbocycles. The Kier molecular flexibility index (Phi) is 3.05. The van der Waals surface area contributed by atoms with E-state index >= 15 is 0 Å². The molecule has 1 aromatic carbocycles. The maximum Gasteiger partial charge on any atom is 0.277 e. The molecule has 18 heavy (non-hydrogen) atoms. The van der Waals surface area contributed by atoms with Crippen LogP contribution in [-0.2, 0) is 0 Å². The summed E-state index contributed by atoms with van der Waals surface area (Å²) in [6.45, 7) is 0. The summed E-state index contributed by atoms with van der Waals surface area (Å²) in [5.41, 5.74) is -0.278. The molecule has 1 N–H and O–H groups in total. The van der Waals surface area contributed by atoms with E-state index in [0.717, 1.165) is 0 Å². The van der Waals surface area contributed by atoms with Crippen molar-refractivity contribution in [3.8, 4) is 16.9 Å². The normalized spacial score (nSPS) is 10.1. The third-order valence-electron chi connectivity index (χ3n) is 2.42. The van der Waals surface area contributed by atoms with E-state index in [1.165, 1.54) is 37.6 Å². The van der Waals surface area contributed by atoms with Crippen molar-refractivity contribution in [2.75, 3.05) is 7.11 Å². The lowest BCUT2D eigenvalue weighted by Crippen LogP contribution is -2.10. The Morgan fingerprint density at radius 2 is 2.11 bits per heavy atom. The number of ether oxygens (including phenoxy) is 1. The van der Waals surface area contributed by atoms with Gasteiger partial charge < -0.3 is 4.74 Å². The molecule has 0 unspecified atom stereocenters. The lowest BCUT2D eigenvalue weighted by Gasteiger charge is -2.04. The van der Waals surface area contributed by atoms with Gasteiger partial charge in [-0.3, -0.25) is 14.9 Å². The Balaban J connectivity index is 2.72. The fourth-order valence-electron chi connectivity index (χ4n) is 1.57. The molecular weight excluding hydrogens is 238 g/mol. The van der Waals surface area contributed by atoms with Crippen LogP contribution in [0.5, 0.6) is 5.75 Å². The smallest absolute Gasteiger partial charge is 0.277 e. The van der Waals surface area contributed by atoms with Gasteiger partial charge in [0.15, 0.2) is 0 Å². The van der Waals surface area contributed by atoms with Crippen molar-refractivity contribution < 1.29 is 9.66 Å². The topological polar surface area (TPSA) is 98.1 Å². The van der Waals surface area contributed by atoms with Gasteiger partial charge in [0, 0.05) is 12.3 Å². The average Bonchev–Trinajstić information content (AvgIpc) is 2.38. The zero-order valence-corrected chi connectivity index (χ0v) is 9.41. The molecule has 0 amide bonds. The van der Waals surface area contributed by atoms with Crippen molar-refractivity contribution >= 4 is 5.69 Å². The molecule has 7 nitrogen and oxygen atoms in total. The van der Waals surface area contributed by atoms with Gasteiger partial charge in [-0.25, -0.2) is 5.10 Å². The van der Waals surface area contributed by atoms with Crippen LogP contribution < -0.4 is 10.3 Å². The molecule has 0 spiro atoms. The number of hydrogen-bond donors (Lipinski definition) is 1. The summed E-state index contributed by atoms with van der Waals surface area (Å²) in [4.78, 5) is 22.0. The van der Waals surface area contributed by atoms with Gasteiger partial charge in [-0.2, -0.15) is 5.10 Å². The minimum absolute atomic E-state index is 0.160. The molecule has 7 heteroatoms. The van der Waals surface area contributed by atoms with Gasteiger partial charge in [-0.05, 0) is 18.2 Å². The van der Waals surface area contributed by atoms with Gasteiger partial charge in [0.05, 0.1) is 23.2 Å². The van der Waals surface area contributed by atoms with E-state index in [9.17, 15) is 14.9 Å². The summed E-state index contributed by atoms with van der Waals surface area (Å²) >= 11 is 0. The Labute approximate surface area is 101 Å². The van der Waals surface area contributed by atoms with E-state index in [0.29, 0.717) is 5.75 Å². The molecule has 2 aromatic rings. The van der Waals surface area contributed by atoms with Gasteiger partial charge in [0.25, 0.3) is 11.2 Å². The number of nitrogens with zero attached hydrogens (tertiary/aromatic N) is 2. The summed E-state index contributed by atoms with van der Waals surface area (Å²) in [6, 6.07) is 5.63. The second-order valence-electron chi connectivity index (χ2n) is 3.44. The summed E-state index contributed by atoms with van der Waals surface area (Å²) in [6.07, 6.45) is 1.36. The summed E-state index contributed by atoms with van der Waals surface area (Å²) in [5.74, 6) is 0.437. The molecule has 0 radical (unpaired) electrons. The van der Waals surface area contributed by atoms with Crippen molar-refractivity contribution in [1.82, 2.24) is 10.2 Å². The first-order valence-electron chi connectivity index (χ1n) is 5.00. The Morgan fingerprint density at radius 3 is 2.72 bits per heavy atom. The number of nitro groups is 1. The van der Waals surface area contributed by atoms with E-state index in [-0.39, 0.29) is 16.8 Å². The predicted molar refractivity (Wildman–Crippen MR) is 63.5 cm³/mol. The second kappa shape index (κ2) is 4.66. The number of nitrogens with one attached hydrogen (secondary N) is 1. The monoisotopic (exact) mass is 247 g/mol. The molecule has 0 bridgehead atoms. The van der Waals surface area contributed by atoms with E-state index in [1.54, 1.807) is 0 Å². The molecule has 92 valence electrons. The Morgan fingerprint density at radius 1 is 1.33 bits per heavy atom. The van der Waals surface area contributed by atoms with Gasteiger partial charge in [0.1, 0.15) is 5.75 Å². The molecule has 0 atom stereocenters. The lowest BCUT2D eigenvalue weighted by atomic mass is 10.1. The number of H-pyrrole nitrogens is 1. The van der Waals surface area contributed by atoms with Crippen LogP contribution >= 0.6 is 0 Å². The number of rotatable bonds is 3. The minimum atomic E-state index is -0.547. The molecule has 0 aliphatic heterocycles. The Bertz CT molecular complexity index is 651. The highest BCUT2D eigenvalue weighted by Crippen LogP contribution is 2.30. The fraction of sp³-hybridized carbons (Fsp3) is 0.0909. The molecule has 1 heterocycles. The highest BCUT2D eigenvalue weighted by atomic mass is 16.6. The predicted octanol–water partition coefficient (Wildman–Crippen LogP) is 1.35. The van der Waals surface area contributed by atoms with E-state index in [2.05, 4.69) is 10.2 Å². The zero-order valence-electron chi connectivity index (χ0n) is 9.41. The quantitative estimate of drug-likeness (QED) is 0.652. The number of nitro benzene ring substituents is 1. The third kappa shape index (κ3) is 2.05. The standard InChI is InChI=1S/C11H9N3O4/c1-18-7-2-3-10(14(16)17)9(6-7)8-4-5-12-13-11(8)15/h2-6H,1H3,(H,13,15). The van der Waals surface area contributed by atoms with Crippen LogP contribution in [0.25, 0.3) is 11.1 Å². The van der Waals surface area contributed by atoms with Gasteiger partial charge in [-0.15, -0.1) is 0 Å². The molecule has 0 saturated heterocycles. The number of hydrogen-bond acceptors (Lipinski definition) is 5. The molecule has 0 aliphatic carbocycles. The largest absolute Gasteiger partial charge is 0.497 e. The maximum atomic E-state index is 11.6. The fourth-order valence-corrected chi connectivity index (χ4v) is 1.57. The highest BCUT2D eigenvalue weighted by Gasteiger charge is 2.18. The first kappa shape index (κ1) is 11.8. The van der Waals surface area contributed by atoms with Crippen molar-refractivity contribution in [1.29, 1.82) is 0 Å². The SMILES string of the molecule is COc1ccc([N+](=O)[O-])c(-c2ccn[nH]c2=O)c1. The van der Waals surface area contributed by atoms with Crippen molar-refractivity contribution in [2.45, 2.75) is 0 Å². The van der Waals surface area contributed by atoms with Crippen LogP contribution in [-0.4, -0.2) is 22.2 Å². The first-order valence-corrected chi connectivity index (χ1v) is 5.00.